The number of anilines is 1. The zero-order chi connectivity index (χ0) is 13.4. The number of pyridine rings is 1. The molecule has 0 aliphatic carbocycles. The smallest absolute Gasteiger partial charge is 0.231 e. The highest BCUT2D eigenvalue weighted by molar-refractivity contribution is 9.10. The number of benzene rings is 1. The maximum Gasteiger partial charge on any atom is 0.231 e. The second-order valence-electron chi connectivity index (χ2n) is 4.14. The van der Waals surface area contributed by atoms with Crippen LogP contribution in [0.4, 0.5) is 5.69 Å². The minimum absolute atomic E-state index is 0.183. The number of aliphatic hydroxyl groups is 1. The van der Waals surface area contributed by atoms with Gasteiger partial charge in [-0.15, -0.1) is 0 Å². The lowest BCUT2D eigenvalue weighted by Gasteiger charge is -2.14. The highest BCUT2D eigenvalue weighted by Crippen LogP contribution is 2.42. The molecule has 0 saturated heterocycles. The first-order valence-corrected chi connectivity index (χ1v) is 6.42. The number of fused-ring (bicyclic) bond motifs is 1. The summed E-state index contributed by atoms with van der Waals surface area (Å²) in [4.78, 5) is 3.98. The summed E-state index contributed by atoms with van der Waals surface area (Å²) >= 11 is 3.39. The summed E-state index contributed by atoms with van der Waals surface area (Å²) in [5, 5.41) is 10.4. The third-order valence-electron chi connectivity index (χ3n) is 2.95. The second-order valence-corrected chi connectivity index (χ2v) is 5.00. The zero-order valence-corrected chi connectivity index (χ0v) is 11.4. The van der Waals surface area contributed by atoms with Crippen molar-refractivity contribution in [2.45, 2.75) is 6.10 Å². The highest BCUT2D eigenvalue weighted by atomic mass is 79.9. The van der Waals surface area contributed by atoms with Crippen LogP contribution in [0, 0.1) is 0 Å². The summed E-state index contributed by atoms with van der Waals surface area (Å²) in [6.45, 7) is 0.183. The molecule has 1 aliphatic rings. The maximum absolute atomic E-state index is 10.4. The van der Waals surface area contributed by atoms with Gasteiger partial charge in [-0.2, -0.15) is 0 Å². The molecule has 0 spiro atoms. The van der Waals surface area contributed by atoms with Crippen LogP contribution >= 0.6 is 15.9 Å². The van der Waals surface area contributed by atoms with E-state index in [0.29, 0.717) is 28.3 Å². The molecular formula is C13H11BrN2O3. The molecule has 0 amide bonds. The summed E-state index contributed by atoms with van der Waals surface area (Å²) in [5.74, 6) is 1.25. The molecule has 2 aromatic rings. The standard InChI is InChI=1S/C13H11BrN2O3/c14-9-3-7(4-11-13(9)19-6-18-11)12(17)8-5-16-2-1-10(8)15/h1-5,12,17H,6H2,(H2,15,16). The van der Waals surface area contributed by atoms with Gasteiger partial charge in [-0.3, -0.25) is 4.98 Å². The van der Waals surface area contributed by atoms with Crippen LogP contribution in [0.5, 0.6) is 11.5 Å². The van der Waals surface area contributed by atoms with E-state index in [-0.39, 0.29) is 6.79 Å². The van der Waals surface area contributed by atoms with Crippen molar-refractivity contribution in [3.8, 4) is 11.5 Å². The molecule has 0 saturated carbocycles. The van der Waals surface area contributed by atoms with Gasteiger partial charge in [0.15, 0.2) is 11.5 Å². The van der Waals surface area contributed by atoms with Crippen molar-refractivity contribution in [1.82, 2.24) is 4.98 Å². The van der Waals surface area contributed by atoms with Crippen molar-refractivity contribution < 1.29 is 14.6 Å². The molecule has 3 N–H and O–H groups in total. The summed E-state index contributed by atoms with van der Waals surface area (Å²) in [6.07, 6.45) is 2.28. The molecule has 1 aromatic heterocycles. The molecule has 98 valence electrons. The minimum atomic E-state index is -0.862. The Hall–Kier alpha value is -1.79. The molecule has 0 radical (unpaired) electrons. The van der Waals surface area contributed by atoms with Gasteiger partial charge < -0.3 is 20.3 Å². The van der Waals surface area contributed by atoms with E-state index in [9.17, 15) is 5.11 Å². The van der Waals surface area contributed by atoms with Crippen molar-refractivity contribution >= 4 is 21.6 Å². The number of nitrogen functional groups attached to an aromatic ring is 1. The second kappa shape index (κ2) is 4.71. The van der Waals surface area contributed by atoms with Gasteiger partial charge in [-0.25, -0.2) is 0 Å². The Bertz CT molecular complexity index is 633. The highest BCUT2D eigenvalue weighted by Gasteiger charge is 2.22. The quantitative estimate of drug-likeness (QED) is 0.886. The number of halogens is 1. The van der Waals surface area contributed by atoms with Crippen LogP contribution in [0.15, 0.2) is 35.1 Å². The molecule has 1 aliphatic heterocycles. The van der Waals surface area contributed by atoms with Gasteiger partial charge in [0, 0.05) is 23.6 Å². The number of nitrogens with zero attached hydrogens (tertiary/aromatic N) is 1. The zero-order valence-electron chi connectivity index (χ0n) is 9.84. The predicted molar refractivity (Wildman–Crippen MR) is 73.0 cm³/mol. The Kier molecular flexibility index (Phi) is 3.04. The number of ether oxygens (including phenoxy) is 2. The summed E-state index contributed by atoms with van der Waals surface area (Å²) in [7, 11) is 0. The molecule has 6 heteroatoms. The van der Waals surface area contributed by atoms with Gasteiger partial charge in [0.05, 0.1) is 4.47 Å². The van der Waals surface area contributed by atoms with Crippen molar-refractivity contribution in [2.24, 2.45) is 0 Å². The van der Waals surface area contributed by atoms with Crippen LogP contribution in [-0.2, 0) is 0 Å². The topological polar surface area (TPSA) is 77.6 Å². The first-order valence-electron chi connectivity index (χ1n) is 5.63. The largest absolute Gasteiger partial charge is 0.454 e. The van der Waals surface area contributed by atoms with Crippen LogP contribution in [0.2, 0.25) is 0 Å². The van der Waals surface area contributed by atoms with E-state index >= 15 is 0 Å². The van der Waals surface area contributed by atoms with E-state index in [4.69, 9.17) is 15.2 Å². The predicted octanol–water partition coefficient (Wildman–Crippen LogP) is 2.24. The van der Waals surface area contributed by atoms with E-state index in [1.54, 1.807) is 30.6 Å². The lowest BCUT2D eigenvalue weighted by molar-refractivity contribution is 0.173. The number of hydrogen-bond donors (Lipinski definition) is 2. The third-order valence-corrected chi connectivity index (χ3v) is 3.54. The summed E-state index contributed by atoms with van der Waals surface area (Å²) in [6, 6.07) is 5.18. The monoisotopic (exact) mass is 322 g/mol. The lowest BCUT2D eigenvalue weighted by atomic mass is 10.0. The van der Waals surface area contributed by atoms with Crippen LogP contribution < -0.4 is 15.2 Å². The Balaban J connectivity index is 2.03. The van der Waals surface area contributed by atoms with E-state index < -0.39 is 6.10 Å². The number of rotatable bonds is 2. The fourth-order valence-corrected chi connectivity index (χ4v) is 2.54. The fraction of sp³-hybridized carbons (Fsp3) is 0.154. The molecule has 1 aromatic carbocycles. The minimum Gasteiger partial charge on any atom is -0.454 e. The molecule has 0 bridgehead atoms. The van der Waals surface area contributed by atoms with E-state index in [2.05, 4.69) is 20.9 Å². The first-order chi connectivity index (χ1) is 9.16. The lowest BCUT2D eigenvalue weighted by Crippen LogP contribution is -2.04. The Morgan fingerprint density at radius 3 is 3.00 bits per heavy atom. The van der Waals surface area contributed by atoms with E-state index in [1.165, 1.54) is 0 Å². The first kappa shape index (κ1) is 12.3. The molecule has 0 fully saturated rings. The van der Waals surface area contributed by atoms with Gasteiger partial charge in [0.1, 0.15) is 6.10 Å². The van der Waals surface area contributed by atoms with Gasteiger partial charge in [0.25, 0.3) is 0 Å². The Morgan fingerprint density at radius 2 is 2.21 bits per heavy atom. The Labute approximate surface area is 118 Å². The number of hydrogen-bond acceptors (Lipinski definition) is 5. The van der Waals surface area contributed by atoms with E-state index in [0.717, 1.165) is 4.47 Å². The van der Waals surface area contributed by atoms with Crippen LogP contribution in [0.3, 0.4) is 0 Å². The normalized spacial score (nSPS) is 14.4. The van der Waals surface area contributed by atoms with Gasteiger partial charge >= 0.3 is 0 Å². The summed E-state index contributed by atoms with van der Waals surface area (Å²) < 4.78 is 11.4. The molecule has 1 atom stereocenters. The molecule has 19 heavy (non-hydrogen) atoms. The van der Waals surface area contributed by atoms with Crippen molar-refractivity contribution in [1.29, 1.82) is 0 Å². The van der Waals surface area contributed by atoms with Crippen molar-refractivity contribution in [3.63, 3.8) is 0 Å². The molecule has 3 rings (SSSR count). The Morgan fingerprint density at radius 1 is 1.37 bits per heavy atom. The van der Waals surface area contributed by atoms with E-state index in [1.807, 2.05) is 0 Å². The van der Waals surface area contributed by atoms with Gasteiger partial charge in [-0.1, -0.05) is 0 Å². The number of aliphatic hydroxyl groups excluding tert-OH is 1. The molecule has 1 unspecified atom stereocenters. The third kappa shape index (κ3) is 2.13. The maximum atomic E-state index is 10.4. The van der Waals surface area contributed by atoms with Gasteiger partial charge in [0.2, 0.25) is 6.79 Å². The summed E-state index contributed by atoms with van der Waals surface area (Å²) in [5.41, 5.74) is 7.56. The van der Waals surface area contributed by atoms with Crippen LogP contribution in [0.1, 0.15) is 17.2 Å². The molecule has 5 nitrogen and oxygen atoms in total. The SMILES string of the molecule is Nc1ccncc1C(O)c1cc(Br)c2c(c1)OCO2. The van der Waals surface area contributed by atoms with Crippen LogP contribution in [0.25, 0.3) is 0 Å². The fourth-order valence-electron chi connectivity index (χ4n) is 1.97. The van der Waals surface area contributed by atoms with Crippen molar-refractivity contribution in [2.75, 3.05) is 12.5 Å². The van der Waals surface area contributed by atoms with Gasteiger partial charge in [-0.05, 0) is 39.7 Å². The molecule has 2 heterocycles. The number of aromatic nitrogens is 1. The average molecular weight is 323 g/mol. The van der Waals surface area contributed by atoms with Crippen molar-refractivity contribution in [3.05, 3.63) is 46.2 Å². The van der Waals surface area contributed by atoms with Crippen LogP contribution in [-0.4, -0.2) is 16.9 Å². The molecular weight excluding hydrogens is 312 g/mol. The average Bonchev–Trinajstić information content (AvgIpc) is 2.87. The number of nitrogens with two attached hydrogens (primary N) is 1.